The quantitative estimate of drug-likeness (QED) is 0.567. The average Bonchev–Trinajstić information content (AvgIpc) is 2.36. The van der Waals surface area contributed by atoms with Crippen molar-refractivity contribution >= 4 is 17.9 Å². The summed E-state index contributed by atoms with van der Waals surface area (Å²) in [5.74, 6) is -1.19. The molecule has 0 heterocycles. The minimum atomic E-state index is -0.675. The number of carbonyl (C=O) groups excluding carboxylic acids is 2. The van der Waals surface area contributed by atoms with Crippen molar-refractivity contribution < 1.29 is 14.4 Å². The van der Waals surface area contributed by atoms with Crippen LogP contribution in [0.15, 0.2) is 30.3 Å². The third-order valence-electron chi connectivity index (χ3n) is 1.85. The molecule has 0 bridgehead atoms. The Morgan fingerprint density at radius 2 is 2.06 bits per heavy atom. The maximum absolute atomic E-state index is 11.2. The highest BCUT2D eigenvalue weighted by molar-refractivity contribution is 5.91. The molecule has 1 aromatic carbocycles. The van der Waals surface area contributed by atoms with Gasteiger partial charge in [0.15, 0.2) is 6.61 Å². The zero-order valence-electron chi connectivity index (χ0n) is 9.42. The first-order valence-electron chi connectivity index (χ1n) is 5.00. The SMILES string of the molecule is N#Cc1ccc(/C=C/C(=O)NOCC(N)=O)cc1. The molecule has 0 radical (unpaired) electrons. The number of primary amides is 1. The Morgan fingerprint density at radius 1 is 1.39 bits per heavy atom. The van der Waals surface area contributed by atoms with Crippen LogP contribution in [0.3, 0.4) is 0 Å². The van der Waals surface area contributed by atoms with Gasteiger partial charge >= 0.3 is 0 Å². The number of carbonyl (C=O) groups is 2. The maximum atomic E-state index is 11.2. The van der Waals surface area contributed by atoms with Crippen molar-refractivity contribution in [1.29, 1.82) is 5.26 Å². The molecule has 0 aliphatic carbocycles. The molecule has 0 saturated carbocycles. The van der Waals surface area contributed by atoms with Gasteiger partial charge < -0.3 is 5.73 Å². The summed E-state index contributed by atoms with van der Waals surface area (Å²) in [4.78, 5) is 26.0. The Bertz CT molecular complexity index is 500. The minimum Gasteiger partial charge on any atom is -0.368 e. The van der Waals surface area contributed by atoms with Crippen molar-refractivity contribution in [2.24, 2.45) is 5.73 Å². The second-order valence-corrected chi connectivity index (χ2v) is 3.29. The molecule has 0 aromatic heterocycles. The number of hydrogen-bond donors (Lipinski definition) is 2. The van der Waals surface area contributed by atoms with Crippen LogP contribution in [0.25, 0.3) is 6.08 Å². The summed E-state index contributed by atoms with van der Waals surface area (Å²) in [5.41, 5.74) is 8.15. The Balaban J connectivity index is 2.45. The summed E-state index contributed by atoms with van der Waals surface area (Å²) < 4.78 is 0. The lowest BCUT2D eigenvalue weighted by Crippen LogP contribution is -2.28. The van der Waals surface area contributed by atoms with Gasteiger partial charge in [-0.2, -0.15) is 5.26 Å². The number of nitrogens with one attached hydrogen (secondary N) is 1. The van der Waals surface area contributed by atoms with Crippen LogP contribution >= 0.6 is 0 Å². The Labute approximate surface area is 104 Å². The van der Waals surface area contributed by atoms with Crippen LogP contribution in [0.1, 0.15) is 11.1 Å². The topological polar surface area (TPSA) is 105 Å². The van der Waals surface area contributed by atoms with E-state index in [0.29, 0.717) is 5.56 Å². The molecule has 0 atom stereocenters. The molecular weight excluding hydrogens is 234 g/mol. The second kappa shape index (κ2) is 6.83. The number of rotatable bonds is 5. The standard InChI is InChI=1S/C12H11N3O3/c13-7-10-3-1-9(2-4-10)5-6-12(17)15-18-8-11(14)16/h1-6H,8H2,(H2,14,16)(H,15,17)/b6-5+. The van der Waals surface area contributed by atoms with E-state index in [1.807, 2.05) is 11.5 Å². The van der Waals surface area contributed by atoms with Gasteiger partial charge in [0.25, 0.3) is 5.91 Å². The van der Waals surface area contributed by atoms with Crippen molar-refractivity contribution in [1.82, 2.24) is 5.48 Å². The summed E-state index contributed by atoms with van der Waals surface area (Å²) >= 11 is 0. The Morgan fingerprint density at radius 3 is 2.61 bits per heavy atom. The molecule has 0 fully saturated rings. The number of benzene rings is 1. The van der Waals surface area contributed by atoms with Crippen LogP contribution in [0.5, 0.6) is 0 Å². The smallest absolute Gasteiger partial charge is 0.267 e. The summed E-state index contributed by atoms with van der Waals surface area (Å²) in [6.07, 6.45) is 2.78. The van der Waals surface area contributed by atoms with Gasteiger partial charge in [0.05, 0.1) is 11.6 Å². The van der Waals surface area contributed by atoms with Gasteiger partial charge in [-0.05, 0) is 23.8 Å². The van der Waals surface area contributed by atoms with Crippen molar-refractivity contribution in [2.75, 3.05) is 6.61 Å². The van der Waals surface area contributed by atoms with Crippen LogP contribution in [-0.2, 0) is 14.4 Å². The molecule has 0 unspecified atom stereocenters. The van der Waals surface area contributed by atoms with Crippen molar-refractivity contribution in [3.8, 4) is 6.07 Å². The molecule has 0 aliphatic rings. The lowest BCUT2D eigenvalue weighted by molar-refractivity contribution is -0.134. The van der Waals surface area contributed by atoms with Crippen molar-refractivity contribution in [3.63, 3.8) is 0 Å². The van der Waals surface area contributed by atoms with Gasteiger partial charge in [-0.15, -0.1) is 0 Å². The van der Waals surface area contributed by atoms with E-state index in [4.69, 9.17) is 11.0 Å². The monoisotopic (exact) mass is 245 g/mol. The summed E-state index contributed by atoms with van der Waals surface area (Å²) in [6, 6.07) is 8.67. The molecule has 18 heavy (non-hydrogen) atoms. The summed E-state index contributed by atoms with van der Waals surface area (Å²) in [7, 11) is 0. The number of nitriles is 1. The summed E-state index contributed by atoms with van der Waals surface area (Å²) in [5, 5.41) is 8.60. The van der Waals surface area contributed by atoms with Gasteiger partial charge in [0, 0.05) is 6.08 Å². The number of hydroxylamine groups is 1. The molecule has 1 rings (SSSR count). The number of nitrogens with two attached hydrogens (primary N) is 1. The first-order valence-corrected chi connectivity index (χ1v) is 5.00. The molecule has 3 N–H and O–H groups in total. The van der Waals surface area contributed by atoms with E-state index in [1.54, 1.807) is 30.3 Å². The number of nitrogens with zero attached hydrogens (tertiary/aromatic N) is 1. The average molecular weight is 245 g/mol. The third-order valence-corrected chi connectivity index (χ3v) is 1.85. The van der Waals surface area contributed by atoms with Gasteiger partial charge in [-0.1, -0.05) is 12.1 Å². The second-order valence-electron chi connectivity index (χ2n) is 3.29. The van der Waals surface area contributed by atoms with Gasteiger partial charge in [-0.3, -0.25) is 14.4 Å². The van der Waals surface area contributed by atoms with Crippen LogP contribution in [0, 0.1) is 11.3 Å². The zero-order chi connectivity index (χ0) is 13.4. The predicted molar refractivity (Wildman–Crippen MR) is 63.5 cm³/mol. The van der Waals surface area contributed by atoms with Crippen molar-refractivity contribution in [3.05, 3.63) is 41.5 Å². The highest BCUT2D eigenvalue weighted by atomic mass is 16.7. The van der Waals surface area contributed by atoms with E-state index in [9.17, 15) is 9.59 Å². The predicted octanol–water partition coefficient (Wildman–Crippen LogP) is 0.105. The van der Waals surface area contributed by atoms with Crippen molar-refractivity contribution in [2.45, 2.75) is 0 Å². The lowest BCUT2D eigenvalue weighted by Gasteiger charge is -1.99. The molecular formula is C12H11N3O3. The van der Waals surface area contributed by atoms with E-state index in [2.05, 4.69) is 4.84 Å². The fourth-order valence-corrected chi connectivity index (χ4v) is 1.05. The molecule has 1 aromatic rings. The minimum absolute atomic E-state index is 0.379. The third kappa shape index (κ3) is 4.92. The summed E-state index contributed by atoms with van der Waals surface area (Å²) in [6.45, 7) is -0.379. The Hall–Kier alpha value is -2.65. The largest absolute Gasteiger partial charge is 0.368 e. The van der Waals surface area contributed by atoms with Crippen LogP contribution in [-0.4, -0.2) is 18.4 Å². The molecule has 92 valence electrons. The fourth-order valence-electron chi connectivity index (χ4n) is 1.05. The number of hydrogen-bond acceptors (Lipinski definition) is 4. The first kappa shape index (κ1) is 13.4. The number of amides is 2. The normalized spacial score (nSPS) is 9.94. The molecule has 6 nitrogen and oxygen atoms in total. The van der Waals surface area contributed by atoms with E-state index >= 15 is 0 Å². The highest BCUT2D eigenvalue weighted by Crippen LogP contribution is 2.04. The van der Waals surface area contributed by atoms with E-state index in [-0.39, 0.29) is 6.61 Å². The van der Waals surface area contributed by atoms with Crippen LogP contribution < -0.4 is 11.2 Å². The van der Waals surface area contributed by atoms with Crippen LogP contribution in [0.2, 0.25) is 0 Å². The lowest BCUT2D eigenvalue weighted by atomic mass is 10.1. The first-order chi connectivity index (χ1) is 8.61. The van der Waals surface area contributed by atoms with Gasteiger partial charge in [0.1, 0.15) is 0 Å². The van der Waals surface area contributed by atoms with E-state index in [1.165, 1.54) is 6.08 Å². The zero-order valence-corrected chi connectivity index (χ0v) is 9.42. The highest BCUT2D eigenvalue weighted by Gasteiger charge is 1.97. The molecule has 6 heteroatoms. The fraction of sp³-hybridized carbons (Fsp3) is 0.0833. The maximum Gasteiger partial charge on any atom is 0.267 e. The molecule has 0 spiro atoms. The molecule has 0 saturated heterocycles. The van der Waals surface area contributed by atoms with Gasteiger partial charge in [-0.25, -0.2) is 5.48 Å². The van der Waals surface area contributed by atoms with Gasteiger partial charge in [0.2, 0.25) is 5.91 Å². The van der Waals surface area contributed by atoms with Crippen LogP contribution in [0.4, 0.5) is 0 Å². The molecule has 0 aliphatic heterocycles. The van der Waals surface area contributed by atoms with E-state index < -0.39 is 11.8 Å². The molecule has 2 amide bonds. The van der Waals surface area contributed by atoms with E-state index in [0.717, 1.165) is 5.56 Å². The Kier molecular flexibility index (Phi) is 5.09.